The van der Waals surface area contributed by atoms with Gasteiger partial charge in [-0.2, -0.15) is 18.3 Å². The number of aromatic nitrogens is 4. The summed E-state index contributed by atoms with van der Waals surface area (Å²) < 4.78 is 39.2. The predicted molar refractivity (Wildman–Crippen MR) is 149 cm³/mol. The number of ether oxygens (including phenoxy) is 1. The first-order valence-electron chi connectivity index (χ1n) is 13.0. The number of carboxylic acid groups (broad SMARTS) is 1. The van der Waals surface area contributed by atoms with Crippen molar-refractivity contribution in [2.45, 2.75) is 31.0 Å². The molecular formula is C29H29F3N6O4. The highest BCUT2D eigenvalue weighted by atomic mass is 19.4. The lowest BCUT2D eigenvalue weighted by molar-refractivity contribution is -0.204. The fraction of sp³-hybridized carbons (Fsp3) is 0.345. The van der Waals surface area contributed by atoms with Crippen molar-refractivity contribution in [3.63, 3.8) is 0 Å². The van der Waals surface area contributed by atoms with Crippen molar-refractivity contribution >= 4 is 28.5 Å². The Bertz CT molecular complexity index is 1650. The van der Waals surface area contributed by atoms with Crippen LogP contribution in [0.1, 0.15) is 19.3 Å². The second-order valence-corrected chi connectivity index (χ2v) is 10.9. The van der Waals surface area contributed by atoms with Gasteiger partial charge < -0.3 is 20.1 Å². The topological polar surface area (TPSA) is 122 Å². The lowest BCUT2D eigenvalue weighted by Crippen LogP contribution is -2.76. The van der Waals surface area contributed by atoms with Gasteiger partial charge in [-0.3, -0.25) is 9.48 Å². The number of nitrogens with zero attached hydrogens (tertiary/aromatic N) is 5. The number of anilines is 1. The Balaban J connectivity index is 0.000000451. The van der Waals surface area contributed by atoms with Crippen molar-refractivity contribution in [1.29, 1.82) is 0 Å². The van der Waals surface area contributed by atoms with Crippen LogP contribution in [0.15, 0.2) is 55.0 Å². The zero-order valence-corrected chi connectivity index (χ0v) is 23.4. The molecule has 0 atom stereocenters. The second kappa shape index (κ2) is 10.4. The van der Waals surface area contributed by atoms with Gasteiger partial charge in [0.2, 0.25) is 5.91 Å². The summed E-state index contributed by atoms with van der Waals surface area (Å²) in [6.45, 7) is 0. The molecule has 13 heteroatoms. The molecule has 2 bridgehead atoms. The number of hydrogen-bond acceptors (Lipinski definition) is 7. The van der Waals surface area contributed by atoms with E-state index in [2.05, 4.69) is 34.3 Å². The average molecular weight is 583 g/mol. The van der Waals surface area contributed by atoms with Gasteiger partial charge in [-0.15, -0.1) is 0 Å². The molecule has 0 unspecified atom stereocenters. The van der Waals surface area contributed by atoms with Gasteiger partial charge in [0.25, 0.3) is 0 Å². The maximum absolute atomic E-state index is 13.3. The number of aliphatic carboxylic acids is 1. The van der Waals surface area contributed by atoms with E-state index in [0.717, 1.165) is 52.7 Å². The molecule has 4 aromatic rings. The number of benzene rings is 2. The Morgan fingerprint density at radius 3 is 2.29 bits per heavy atom. The average Bonchev–Trinajstić information content (AvgIpc) is 3.27. The first kappa shape index (κ1) is 29.0. The number of carbonyl (C=O) groups excluding carboxylic acids is 1. The molecule has 0 aliphatic heterocycles. The maximum Gasteiger partial charge on any atom is 0.490 e. The molecule has 10 nitrogen and oxygen atoms in total. The molecule has 1 amide bonds. The lowest BCUT2D eigenvalue weighted by Gasteiger charge is -2.71. The third-order valence-corrected chi connectivity index (χ3v) is 8.01. The summed E-state index contributed by atoms with van der Waals surface area (Å²) in [4.78, 5) is 33.6. The minimum Gasteiger partial charge on any atom is -0.494 e. The van der Waals surface area contributed by atoms with E-state index in [9.17, 15) is 18.0 Å². The van der Waals surface area contributed by atoms with Crippen LogP contribution >= 0.6 is 0 Å². The van der Waals surface area contributed by atoms with Gasteiger partial charge in [-0.25, -0.2) is 14.8 Å². The van der Waals surface area contributed by atoms with Crippen molar-refractivity contribution in [3.05, 3.63) is 55.0 Å². The Morgan fingerprint density at radius 2 is 1.71 bits per heavy atom. The number of fused-ring (bicyclic) bond motifs is 1. The van der Waals surface area contributed by atoms with Crippen molar-refractivity contribution in [3.8, 4) is 28.3 Å². The number of nitrogens with one attached hydrogen (secondary N) is 1. The summed E-state index contributed by atoms with van der Waals surface area (Å²) in [7, 11) is 7.70. The van der Waals surface area contributed by atoms with Gasteiger partial charge >= 0.3 is 12.1 Å². The van der Waals surface area contributed by atoms with Crippen LogP contribution < -0.4 is 10.1 Å². The monoisotopic (exact) mass is 582 g/mol. The zero-order chi connectivity index (χ0) is 30.4. The molecule has 2 aromatic carbocycles. The molecule has 2 heterocycles. The number of methoxy groups -OCH3 is 1. The van der Waals surface area contributed by atoms with Crippen LogP contribution in [-0.4, -0.2) is 74.6 Å². The van der Waals surface area contributed by atoms with E-state index in [1.807, 2.05) is 55.7 Å². The first-order valence-corrected chi connectivity index (χ1v) is 13.0. The molecule has 0 spiro atoms. The van der Waals surface area contributed by atoms with E-state index in [1.54, 1.807) is 18.1 Å². The van der Waals surface area contributed by atoms with Crippen molar-refractivity contribution < 1.29 is 32.6 Å². The molecule has 3 aliphatic carbocycles. The lowest BCUT2D eigenvalue weighted by atomic mass is 9.38. The standard InChI is InChI=1S/C27H28N6O2.C2HF3O2/c1-32(2)27-13-26(14-27,15-27)25(34)30-21-10-18-20(11-22(21)35-4)28-16-29-24(18)19-12-33(3)31-23(19)17-8-6-5-7-9-17;3-2(4,5)1(6)7/h5-12,16H,13-15H2,1-4H3,(H,30,34);(H,6,7). The Morgan fingerprint density at radius 1 is 1.07 bits per heavy atom. The smallest absolute Gasteiger partial charge is 0.490 e. The Hall–Kier alpha value is -4.52. The van der Waals surface area contributed by atoms with Gasteiger partial charge in [0, 0.05) is 41.4 Å². The van der Waals surface area contributed by atoms with E-state index in [1.165, 1.54) is 0 Å². The van der Waals surface area contributed by atoms with Crippen LogP contribution in [-0.2, 0) is 16.6 Å². The van der Waals surface area contributed by atoms with Crippen molar-refractivity contribution in [2.24, 2.45) is 12.5 Å². The normalized spacial score (nSPS) is 20.7. The number of amides is 1. The summed E-state index contributed by atoms with van der Waals surface area (Å²) in [6.07, 6.45) is 1.15. The van der Waals surface area contributed by atoms with Gasteiger partial charge in [-0.1, -0.05) is 30.3 Å². The van der Waals surface area contributed by atoms with Crippen LogP contribution in [0.25, 0.3) is 33.4 Å². The molecule has 42 heavy (non-hydrogen) atoms. The van der Waals surface area contributed by atoms with Crippen molar-refractivity contribution in [2.75, 3.05) is 26.5 Å². The number of alkyl halides is 3. The molecule has 3 fully saturated rings. The minimum absolute atomic E-state index is 0.0589. The molecular weight excluding hydrogens is 553 g/mol. The Labute approximate surface area is 239 Å². The van der Waals surface area contributed by atoms with Crippen LogP contribution in [0.2, 0.25) is 0 Å². The SMILES string of the molecule is COc1cc2ncnc(-c3cn(C)nc3-c3ccccc3)c2cc1NC(=O)C12CC(N(C)C)(C1)C2.O=C(O)C(F)(F)F. The van der Waals surface area contributed by atoms with Crippen LogP contribution in [0.3, 0.4) is 0 Å². The largest absolute Gasteiger partial charge is 0.494 e. The first-order chi connectivity index (χ1) is 19.8. The third kappa shape index (κ3) is 5.04. The molecule has 220 valence electrons. The summed E-state index contributed by atoms with van der Waals surface area (Å²) >= 11 is 0. The van der Waals surface area contributed by atoms with Gasteiger partial charge in [0.05, 0.1) is 29.4 Å². The summed E-state index contributed by atoms with van der Waals surface area (Å²) in [5, 5.41) is 15.8. The summed E-state index contributed by atoms with van der Waals surface area (Å²) in [6, 6.07) is 13.8. The van der Waals surface area contributed by atoms with Crippen LogP contribution in [0, 0.1) is 5.41 Å². The van der Waals surface area contributed by atoms with E-state index in [4.69, 9.17) is 19.7 Å². The van der Waals surface area contributed by atoms with Gasteiger partial charge in [0.1, 0.15) is 17.8 Å². The fourth-order valence-corrected chi connectivity index (χ4v) is 5.74. The predicted octanol–water partition coefficient (Wildman–Crippen LogP) is 4.76. The van der Waals surface area contributed by atoms with Gasteiger partial charge in [-0.05, 0) is 39.4 Å². The van der Waals surface area contributed by atoms with E-state index in [0.29, 0.717) is 11.4 Å². The third-order valence-electron chi connectivity index (χ3n) is 8.01. The quantitative estimate of drug-likeness (QED) is 0.334. The molecule has 3 saturated carbocycles. The van der Waals surface area contributed by atoms with Crippen LogP contribution in [0.5, 0.6) is 5.75 Å². The van der Waals surface area contributed by atoms with E-state index >= 15 is 0 Å². The number of aryl methyl sites for hydroxylation is 1. The highest BCUT2D eigenvalue weighted by Crippen LogP contribution is 2.69. The number of rotatable bonds is 6. The molecule has 2 aromatic heterocycles. The number of carbonyl (C=O) groups is 2. The summed E-state index contributed by atoms with van der Waals surface area (Å²) in [5.41, 5.74) is 4.81. The molecule has 2 N–H and O–H groups in total. The van der Waals surface area contributed by atoms with E-state index < -0.39 is 12.1 Å². The number of halogens is 3. The van der Waals surface area contributed by atoms with Crippen LogP contribution in [0.4, 0.5) is 18.9 Å². The van der Waals surface area contributed by atoms with Gasteiger partial charge in [0.15, 0.2) is 0 Å². The molecule has 7 rings (SSSR count). The highest BCUT2D eigenvalue weighted by molar-refractivity contribution is 6.04. The van der Waals surface area contributed by atoms with Crippen molar-refractivity contribution in [1.82, 2.24) is 24.6 Å². The minimum atomic E-state index is -5.08. The highest BCUT2D eigenvalue weighted by Gasteiger charge is 2.72. The summed E-state index contributed by atoms with van der Waals surface area (Å²) in [5.74, 6) is -2.12. The number of hydrogen-bond donors (Lipinski definition) is 2. The number of carboxylic acids is 1. The zero-order valence-electron chi connectivity index (χ0n) is 23.4. The maximum atomic E-state index is 13.3. The Kier molecular flexibility index (Phi) is 7.17. The van der Waals surface area contributed by atoms with E-state index in [-0.39, 0.29) is 16.9 Å². The molecule has 0 radical (unpaired) electrons. The molecule has 0 saturated heterocycles. The second-order valence-electron chi connectivity index (χ2n) is 10.9. The fourth-order valence-electron chi connectivity index (χ4n) is 5.74. The molecule has 3 aliphatic rings.